The average Bonchev–Trinajstić information content (AvgIpc) is 2.66. The van der Waals surface area contributed by atoms with Gasteiger partial charge in [0.25, 0.3) is 0 Å². The van der Waals surface area contributed by atoms with E-state index in [1.165, 1.54) is 38.3 Å². The van der Waals surface area contributed by atoms with Crippen molar-refractivity contribution in [3.63, 3.8) is 0 Å². The molecule has 0 saturated heterocycles. The lowest BCUT2D eigenvalue weighted by Crippen LogP contribution is -2.36. The molecule has 0 aliphatic carbocycles. The minimum absolute atomic E-state index is 0.248. The number of esters is 1. The van der Waals surface area contributed by atoms with Gasteiger partial charge in [-0.15, -0.1) is 0 Å². The number of benzene rings is 2. The Balaban J connectivity index is 2.16. The van der Waals surface area contributed by atoms with Crippen LogP contribution < -0.4 is 10.2 Å². The normalized spacial score (nSPS) is 10.3. The van der Waals surface area contributed by atoms with Gasteiger partial charge in [0.2, 0.25) is 11.8 Å². The SMILES string of the molecule is COC(=O)c1ccc(N(CC(=O)Nc2ccc(F)c(F)c2F)C(C)=O)cc1. The van der Waals surface area contributed by atoms with Crippen LogP contribution in [-0.4, -0.2) is 31.4 Å². The molecule has 0 fully saturated rings. The summed E-state index contributed by atoms with van der Waals surface area (Å²) in [5, 5.41) is 2.08. The third-order valence-electron chi connectivity index (χ3n) is 3.59. The highest BCUT2D eigenvalue weighted by atomic mass is 19.2. The predicted molar refractivity (Wildman–Crippen MR) is 90.8 cm³/mol. The van der Waals surface area contributed by atoms with E-state index in [0.29, 0.717) is 11.8 Å². The van der Waals surface area contributed by atoms with E-state index in [4.69, 9.17) is 0 Å². The van der Waals surface area contributed by atoms with Gasteiger partial charge in [-0.1, -0.05) is 0 Å². The van der Waals surface area contributed by atoms with Crippen molar-refractivity contribution in [3.8, 4) is 0 Å². The summed E-state index contributed by atoms with van der Waals surface area (Å²) in [5.41, 5.74) is -0.00225. The zero-order valence-corrected chi connectivity index (χ0v) is 14.4. The Morgan fingerprint density at radius 2 is 1.63 bits per heavy atom. The fourth-order valence-corrected chi connectivity index (χ4v) is 2.24. The highest BCUT2D eigenvalue weighted by Crippen LogP contribution is 2.20. The first-order valence-corrected chi connectivity index (χ1v) is 7.64. The van der Waals surface area contributed by atoms with Crippen LogP contribution in [0.15, 0.2) is 36.4 Å². The minimum Gasteiger partial charge on any atom is -0.465 e. The van der Waals surface area contributed by atoms with E-state index in [1.54, 1.807) is 0 Å². The standard InChI is InChI=1S/C18H15F3N2O4/c1-10(24)23(12-5-3-11(4-6-12)18(26)27-2)9-15(25)22-14-8-7-13(19)16(20)17(14)21/h3-8H,9H2,1-2H3,(H,22,25). The van der Waals surface area contributed by atoms with E-state index >= 15 is 0 Å². The Morgan fingerprint density at radius 3 is 2.19 bits per heavy atom. The third kappa shape index (κ3) is 4.63. The highest BCUT2D eigenvalue weighted by molar-refractivity contribution is 6.02. The van der Waals surface area contributed by atoms with Crippen molar-refractivity contribution in [2.75, 3.05) is 23.9 Å². The van der Waals surface area contributed by atoms with Crippen LogP contribution in [0.3, 0.4) is 0 Å². The van der Waals surface area contributed by atoms with Crippen LogP contribution in [0.1, 0.15) is 17.3 Å². The second-order valence-corrected chi connectivity index (χ2v) is 5.41. The Labute approximate surface area is 152 Å². The van der Waals surface area contributed by atoms with Gasteiger partial charge in [0.05, 0.1) is 18.4 Å². The van der Waals surface area contributed by atoms with Gasteiger partial charge in [-0.2, -0.15) is 0 Å². The molecular formula is C18H15F3N2O4. The summed E-state index contributed by atoms with van der Waals surface area (Å²) in [6.45, 7) is 0.699. The lowest BCUT2D eigenvalue weighted by molar-refractivity contribution is -0.120. The first kappa shape index (κ1) is 20.0. The van der Waals surface area contributed by atoms with Crippen molar-refractivity contribution < 1.29 is 32.3 Å². The van der Waals surface area contributed by atoms with Crippen molar-refractivity contribution in [2.24, 2.45) is 0 Å². The monoisotopic (exact) mass is 380 g/mol. The molecule has 2 amide bonds. The summed E-state index contributed by atoms with van der Waals surface area (Å²) in [7, 11) is 1.22. The Hall–Kier alpha value is -3.36. The molecule has 0 aromatic heterocycles. The quantitative estimate of drug-likeness (QED) is 0.639. The number of anilines is 2. The fraction of sp³-hybridized carbons (Fsp3) is 0.167. The van der Waals surface area contributed by atoms with Crippen LogP contribution in [-0.2, 0) is 14.3 Å². The second kappa shape index (κ2) is 8.35. The van der Waals surface area contributed by atoms with Gasteiger partial charge in [0.1, 0.15) is 6.54 Å². The first-order valence-electron chi connectivity index (χ1n) is 7.64. The molecule has 0 aliphatic rings. The van der Waals surface area contributed by atoms with Crippen molar-refractivity contribution in [2.45, 2.75) is 6.92 Å². The molecule has 0 spiro atoms. The third-order valence-corrected chi connectivity index (χ3v) is 3.59. The number of methoxy groups -OCH3 is 1. The molecule has 0 bridgehead atoms. The molecule has 6 nitrogen and oxygen atoms in total. The molecule has 0 unspecified atom stereocenters. The average molecular weight is 380 g/mol. The molecule has 0 aliphatic heterocycles. The smallest absolute Gasteiger partial charge is 0.337 e. The number of ether oxygens (including phenoxy) is 1. The van der Waals surface area contributed by atoms with E-state index in [2.05, 4.69) is 10.1 Å². The summed E-state index contributed by atoms with van der Waals surface area (Å²) in [5.74, 6) is -6.53. The van der Waals surface area contributed by atoms with Crippen LogP contribution in [0.2, 0.25) is 0 Å². The van der Waals surface area contributed by atoms with Crippen LogP contribution in [0.25, 0.3) is 0 Å². The van der Waals surface area contributed by atoms with Crippen LogP contribution in [0, 0.1) is 17.5 Å². The Kier molecular flexibility index (Phi) is 6.17. The van der Waals surface area contributed by atoms with Gasteiger partial charge in [-0.25, -0.2) is 18.0 Å². The van der Waals surface area contributed by atoms with Crippen molar-refractivity contribution in [3.05, 3.63) is 59.4 Å². The van der Waals surface area contributed by atoms with E-state index < -0.39 is 47.5 Å². The van der Waals surface area contributed by atoms with Crippen LogP contribution >= 0.6 is 0 Å². The second-order valence-electron chi connectivity index (χ2n) is 5.41. The molecule has 2 aromatic rings. The summed E-state index contributed by atoms with van der Waals surface area (Å²) >= 11 is 0. The number of carbonyl (C=O) groups excluding carboxylic acids is 3. The topological polar surface area (TPSA) is 75.7 Å². The predicted octanol–water partition coefficient (Wildman–Crippen LogP) is 2.88. The van der Waals surface area contributed by atoms with Gasteiger partial charge < -0.3 is 15.0 Å². The summed E-state index contributed by atoms with van der Waals surface area (Å²) in [6.07, 6.45) is 0. The molecule has 0 radical (unpaired) electrons. The van der Waals surface area contributed by atoms with Gasteiger partial charge in [-0.3, -0.25) is 9.59 Å². The lowest BCUT2D eigenvalue weighted by Gasteiger charge is -2.21. The largest absolute Gasteiger partial charge is 0.465 e. The van der Waals surface area contributed by atoms with Gasteiger partial charge in [-0.05, 0) is 36.4 Å². The molecule has 2 rings (SSSR count). The number of amides is 2. The van der Waals surface area contributed by atoms with Crippen molar-refractivity contribution in [1.29, 1.82) is 0 Å². The lowest BCUT2D eigenvalue weighted by atomic mass is 10.2. The van der Waals surface area contributed by atoms with Crippen LogP contribution in [0.4, 0.5) is 24.5 Å². The van der Waals surface area contributed by atoms with Crippen molar-refractivity contribution in [1.82, 2.24) is 0 Å². The molecule has 0 atom stereocenters. The number of hydrogen-bond acceptors (Lipinski definition) is 4. The number of nitrogens with one attached hydrogen (secondary N) is 1. The summed E-state index contributed by atoms with van der Waals surface area (Å²) in [6, 6.07) is 7.21. The summed E-state index contributed by atoms with van der Waals surface area (Å²) < 4.78 is 44.4. The number of halogens is 3. The number of hydrogen-bond donors (Lipinski definition) is 1. The zero-order chi connectivity index (χ0) is 20.1. The maximum absolute atomic E-state index is 13.6. The Bertz CT molecular complexity index is 885. The molecule has 9 heteroatoms. The van der Waals surface area contributed by atoms with Crippen molar-refractivity contribution >= 4 is 29.2 Å². The molecule has 2 aromatic carbocycles. The van der Waals surface area contributed by atoms with Gasteiger partial charge in [0, 0.05) is 12.6 Å². The number of carbonyl (C=O) groups is 3. The van der Waals surface area contributed by atoms with E-state index in [9.17, 15) is 27.6 Å². The first-order chi connectivity index (χ1) is 12.7. The summed E-state index contributed by atoms with van der Waals surface area (Å²) in [4.78, 5) is 36.4. The van der Waals surface area contributed by atoms with E-state index in [-0.39, 0.29) is 5.56 Å². The molecule has 142 valence electrons. The fourth-order valence-electron chi connectivity index (χ4n) is 2.24. The molecule has 27 heavy (non-hydrogen) atoms. The molecule has 0 saturated carbocycles. The van der Waals surface area contributed by atoms with E-state index in [0.717, 1.165) is 11.0 Å². The number of rotatable bonds is 5. The Morgan fingerprint density at radius 1 is 1.00 bits per heavy atom. The molecule has 0 heterocycles. The van der Waals surface area contributed by atoms with Gasteiger partial charge in [0.15, 0.2) is 17.5 Å². The number of nitrogens with zero attached hydrogens (tertiary/aromatic N) is 1. The van der Waals surface area contributed by atoms with E-state index in [1.807, 2.05) is 0 Å². The maximum Gasteiger partial charge on any atom is 0.337 e. The maximum atomic E-state index is 13.6. The molecule has 1 N–H and O–H groups in total. The zero-order valence-electron chi connectivity index (χ0n) is 14.4. The minimum atomic E-state index is -1.71. The van der Waals surface area contributed by atoms with Crippen LogP contribution in [0.5, 0.6) is 0 Å². The highest BCUT2D eigenvalue weighted by Gasteiger charge is 2.19. The van der Waals surface area contributed by atoms with Gasteiger partial charge >= 0.3 is 5.97 Å². The molecular weight excluding hydrogens is 365 g/mol.